The minimum absolute atomic E-state index is 0.192. The normalized spacial score (nSPS) is 11.2. The van der Waals surface area contributed by atoms with Gasteiger partial charge in [0.1, 0.15) is 11.4 Å². The molecular weight excluding hydrogens is 336 g/mol. The molecule has 4 heteroatoms. The number of methoxy groups -OCH3 is 1. The highest BCUT2D eigenvalue weighted by Crippen LogP contribution is 2.32. The predicted molar refractivity (Wildman–Crippen MR) is 111 cm³/mol. The zero-order valence-corrected chi connectivity index (χ0v) is 16.5. The number of anilines is 1. The molecule has 1 heterocycles. The van der Waals surface area contributed by atoms with Crippen LogP contribution in [0.15, 0.2) is 48.5 Å². The molecular formula is C23H26N2O2. The Balaban J connectivity index is 1.97. The Morgan fingerprint density at radius 2 is 1.63 bits per heavy atom. The number of carbonyl (C=O) groups is 1. The second-order valence-electron chi connectivity index (χ2n) is 7.33. The summed E-state index contributed by atoms with van der Waals surface area (Å²) in [7, 11) is 1.63. The molecule has 0 spiro atoms. The molecule has 140 valence electrons. The van der Waals surface area contributed by atoms with Gasteiger partial charge in [0.2, 0.25) is 0 Å². The lowest BCUT2D eigenvalue weighted by Gasteiger charge is -2.20. The van der Waals surface area contributed by atoms with E-state index in [1.165, 1.54) is 0 Å². The van der Waals surface area contributed by atoms with Gasteiger partial charge in [-0.1, -0.05) is 52.0 Å². The molecule has 0 aliphatic rings. The molecule has 1 N–H and O–H groups in total. The Labute approximate surface area is 160 Å². The average molecular weight is 362 g/mol. The van der Waals surface area contributed by atoms with Crippen LogP contribution in [0.1, 0.15) is 61.1 Å². The van der Waals surface area contributed by atoms with Gasteiger partial charge in [0, 0.05) is 11.1 Å². The van der Waals surface area contributed by atoms with Crippen molar-refractivity contribution in [1.29, 1.82) is 0 Å². The lowest BCUT2D eigenvalue weighted by molar-refractivity contribution is 0.102. The van der Waals surface area contributed by atoms with Gasteiger partial charge in [-0.2, -0.15) is 0 Å². The molecule has 0 bridgehead atoms. The number of carbonyl (C=O) groups excluding carboxylic acids is 1. The number of hydrogen-bond acceptors (Lipinski definition) is 3. The molecule has 0 radical (unpaired) electrons. The van der Waals surface area contributed by atoms with E-state index in [1.54, 1.807) is 13.2 Å². The SMILES string of the molecule is COc1ccc2nc(C(=O)Nc3c(C(C)C)cccc3C(C)C)ccc2c1. The van der Waals surface area contributed by atoms with Crippen LogP contribution in [0.25, 0.3) is 10.9 Å². The molecule has 1 aromatic heterocycles. The van der Waals surface area contributed by atoms with Crippen LogP contribution < -0.4 is 10.1 Å². The minimum atomic E-state index is -0.192. The standard InChI is InChI=1S/C23H26N2O2/c1-14(2)18-7-6-8-19(15(3)4)22(18)25-23(26)21-11-9-16-13-17(27-5)10-12-20(16)24-21/h6-15H,1-5H3,(H,25,26). The Morgan fingerprint density at radius 1 is 0.963 bits per heavy atom. The number of para-hydroxylation sites is 1. The second-order valence-corrected chi connectivity index (χ2v) is 7.33. The highest BCUT2D eigenvalue weighted by Gasteiger charge is 2.17. The first kappa shape index (κ1) is 18.9. The van der Waals surface area contributed by atoms with Gasteiger partial charge in [-0.3, -0.25) is 4.79 Å². The fourth-order valence-corrected chi connectivity index (χ4v) is 3.23. The van der Waals surface area contributed by atoms with Crippen LogP contribution in [0.3, 0.4) is 0 Å². The highest BCUT2D eigenvalue weighted by atomic mass is 16.5. The molecule has 4 nitrogen and oxygen atoms in total. The summed E-state index contributed by atoms with van der Waals surface area (Å²) in [6.07, 6.45) is 0. The van der Waals surface area contributed by atoms with Crippen molar-refractivity contribution in [2.24, 2.45) is 0 Å². The molecule has 0 fully saturated rings. The van der Waals surface area contributed by atoms with Crippen molar-refractivity contribution in [1.82, 2.24) is 4.98 Å². The molecule has 0 aliphatic carbocycles. The fraction of sp³-hybridized carbons (Fsp3) is 0.304. The Kier molecular flexibility index (Phi) is 5.45. The van der Waals surface area contributed by atoms with Crippen molar-refractivity contribution < 1.29 is 9.53 Å². The number of hydrogen-bond donors (Lipinski definition) is 1. The lowest BCUT2D eigenvalue weighted by Crippen LogP contribution is -2.17. The third-order valence-electron chi connectivity index (χ3n) is 4.74. The molecule has 1 amide bonds. The topological polar surface area (TPSA) is 51.2 Å². The lowest BCUT2D eigenvalue weighted by atomic mass is 9.92. The quantitative estimate of drug-likeness (QED) is 0.629. The molecule has 0 aliphatic heterocycles. The van der Waals surface area contributed by atoms with E-state index in [9.17, 15) is 4.79 Å². The van der Waals surface area contributed by atoms with Crippen molar-refractivity contribution in [3.05, 3.63) is 65.4 Å². The summed E-state index contributed by atoms with van der Waals surface area (Å²) < 4.78 is 5.24. The first-order valence-corrected chi connectivity index (χ1v) is 9.29. The smallest absolute Gasteiger partial charge is 0.274 e. The van der Waals surface area contributed by atoms with E-state index in [2.05, 4.69) is 56.2 Å². The highest BCUT2D eigenvalue weighted by molar-refractivity contribution is 6.05. The van der Waals surface area contributed by atoms with E-state index >= 15 is 0 Å². The Morgan fingerprint density at radius 3 is 2.22 bits per heavy atom. The molecule has 0 atom stereocenters. The number of benzene rings is 2. The van der Waals surface area contributed by atoms with Crippen LogP contribution in [-0.4, -0.2) is 18.0 Å². The fourth-order valence-electron chi connectivity index (χ4n) is 3.23. The van der Waals surface area contributed by atoms with E-state index in [0.29, 0.717) is 17.5 Å². The van der Waals surface area contributed by atoms with E-state index in [1.807, 2.05) is 24.3 Å². The van der Waals surface area contributed by atoms with Crippen LogP contribution >= 0.6 is 0 Å². The summed E-state index contributed by atoms with van der Waals surface area (Å²) in [4.78, 5) is 17.5. The van der Waals surface area contributed by atoms with Crippen LogP contribution in [0.4, 0.5) is 5.69 Å². The summed E-state index contributed by atoms with van der Waals surface area (Å²) in [6.45, 7) is 8.54. The zero-order chi connectivity index (χ0) is 19.6. The molecule has 0 saturated heterocycles. The van der Waals surface area contributed by atoms with E-state index < -0.39 is 0 Å². The van der Waals surface area contributed by atoms with Crippen LogP contribution in [-0.2, 0) is 0 Å². The van der Waals surface area contributed by atoms with Crippen molar-refractivity contribution in [2.45, 2.75) is 39.5 Å². The van der Waals surface area contributed by atoms with Crippen LogP contribution in [0.5, 0.6) is 5.75 Å². The number of fused-ring (bicyclic) bond motifs is 1. The number of rotatable bonds is 5. The Hall–Kier alpha value is -2.88. The minimum Gasteiger partial charge on any atom is -0.497 e. The molecule has 2 aromatic carbocycles. The van der Waals surface area contributed by atoms with E-state index in [0.717, 1.165) is 33.5 Å². The van der Waals surface area contributed by atoms with Crippen molar-refractivity contribution in [3.8, 4) is 5.75 Å². The maximum absolute atomic E-state index is 12.9. The summed E-state index contributed by atoms with van der Waals surface area (Å²) in [5.41, 5.74) is 4.36. The van der Waals surface area contributed by atoms with Gasteiger partial charge in [0.15, 0.2) is 0 Å². The molecule has 0 saturated carbocycles. The first-order chi connectivity index (χ1) is 12.9. The van der Waals surface area contributed by atoms with Gasteiger partial charge in [-0.05, 0) is 47.2 Å². The van der Waals surface area contributed by atoms with Crippen LogP contribution in [0.2, 0.25) is 0 Å². The number of aromatic nitrogens is 1. The maximum Gasteiger partial charge on any atom is 0.274 e. The van der Waals surface area contributed by atoms with E-state index in [4.69, 9.17) is 4.74 Å². The van der Waals surface area contributed by atoms with Crippen LogP contribution in [0, 0.1) is 0 Å². The maximum atomic E-state index is 12.9. The number of amides is 1. The number of nitrogens with zero attached hydrogens (tertiary/aromatic N) is 1. The summed E-state index contributed by atoms with van der Waals surface area (Å²) in [5, 5.41) is 4.06. The number of ether oxygens (including phenoxy) is 1. The molecule has 3 rings (SSSR count). The summed E-state index contributed by atoms with van der Waals surface area (Å²) in [6, 6.07) is 15.5. The Bertz CT molecular complexity index is 951. The van der Waals surface area contributed by atoms with Crippen molar-refractivity contribution in [2.75, 3.05) is 12.4 Å². The summed E-state index contributed by atoms with van der Waals surface area (Å²) >= 11 is 0. The monoisotopic (exact) mass is 362 g/mol. The molecule has 0 unspecified atom stereocenters. The van der Waals surface area contributed by atoms with Gasteiger partial charge in [0.05, 0.1) is 12.6 Å². The first-order valence-electron chi connectivity index (χ1n) is 9.29. The predicted octanol–water partition coefficient (Wildman–Crippen LogP) is 5.74. The molecule has 27 heavy (non-hydrogen) atoms. The van der Waals surface area contributed by atoms with Gasteiger partial charge in [-0.15, -0.1) is 0 Å². The molecule has 3 aromatic rings. The average Bonchev–Trinajstić information content (AvgIpc) is 2.66. The van der Waals surface area contributed by atoms with Gasteiger partial charge >= 0.3 is 0 Å². The van der Waals surface area contributed by atoms with Gasteiger partial charge in [-0.25, -0.2) is 4.98 Å². The second kappa shape index (κ2) is 7.78. The number of pyridine rings is 1. The largest absolute Gasteiger partial charge is 0.497 e. The third-order valence-corrected chi connectivity index (χ3v) is 4.74. The van der Waals surface area contributed by atoms with Crippen molar-refractivity contribution in [3.63, 3.8) is 0 Å². The van der Waals surface area contributed by atoms with Gasteiger partial charge in [0.25, 0.3) is 5.91 Å². The third kappa shape index (κ3) is 3.95. The van der Waals surface area contributed by atoms with Crippen molar-refractivity contribution >= 4 is 22.5 Å². The number of nitrogens with one attached hydrogen (secondary N) is 1. The van der Waals surface area contributed by atoms with E-state index in [-0.39, 0.29) is 5.91 Å². The summed E-state index contributed by atoms with van der Waals surface area (Å²) in [5.74, 6) is 1.21. The zero-order valence-electron chi connectivity index (χ0n) is 16.5. The van der Waals surface area contributed by atoms with Gasteiger partial charge < -0.3 is 10.1 Å².